The maximum atomic E-state index is 5.71. The van der Waals surface area contributed by atoms with Gasteiger partial charge in [0.1, 0.15) is 6.33 Å². The number of nitrogens with zero attached hydrogens (tertiary/aromatic N) is 7. The van der Waals surface area contributed by atoms with Gasteiger partial charge in [-0.25, -0.2) is 0 Å². The number of hydrogen-bond donors (Lipinski definition) is 1. The molecule has 0 amide bonds. The van der Waals surface area contributed by atoms with E-state index in [-0.39, 0.29) is 12.0 Å². The summed E-state index contributed by atoms with van der Waals surface area (Å²) in [6.07, 6.45) is 2.61. The minimum atomic E-state index is 0.160. The fourth-order valence-electron chi connectivity index (χ4n) is 2.00. The number of rotatable bonds is 4. The first-order valence-corrected chi connectivity index (χ1v) is 6.52. The molecule has 0 fully saturated rings. The van der Waals surface area contributed by atoms with Crippen LogP contribution < -0.4 is 15.4 Å². The third-order valence-corrected chi connectivity index (χ3v) is 2.98. The van der Waals surface area contributed by atoms with Crippen molar-refractivity contribution in [2.24, 2.45) is 0 Å². The third-order valence-electron chi connectivity index (χ3n) is 2.98. The summed E-state index contributed by atoms with van der Waals surface area (Å²) in [6.45, 7) is 4.72. The maximum Gasteiger partial charge on any atom is 0.323 e. The molecule has 20 heavy (non-hydrogen) atoms. The predicted molar refractivity (Wildman–Crippen MR) is 71.1 cm³/mol. The second-order valence-corrected chi connectivity index (χ2v) is 4.49. The zero-order chi connectivity index (χ0) is 13.9. The van der Waals surface area contributed by atoms with Gasteiger partial charge in [-0.1, -0.05) is 6.92 Å². The molecule has 0 atom stereocenters. The van der Waals surface area contributed by atoms with E-state index in [2.05, 4.69) is 25.1 Å². The van der Waals surface area contributed by atoms with E-state index in [1.54, 1.807) is 6.33 Å². The molecule has 9 nitrogen and oxygen atoms in total. The van der Waals surface area contributed by atoms with Crippen LogP contribution in [-0.2, 0) is 13.1 Å². The lowest BCUT2D eigenvalue weighted by atomic mass is 10.4. The molecule has 0 spiro atoms. The lowest BCUT2D eigenvalue weighted by Gasteiger charge is -2.26. The predicted octanol–water partition coefficient (Wildman–Crippen LogP) is -0.146. The van der Waals surface area contributed by atoms with Crippen molar-refractivity contribution in [1.82, 2.24) is 29.7 Å². The van der Waals surface area contributed by atoms with Crippen LogP contribution in [0.4, 0.5) is 11.9 Å². The molecule has 0 unspecified atom stereocenters. The van der Waals surface area contributed by atoms with Crippen LogP contribution in [0.1, 0.15) is 19.2 Å². The molecule has 2 N–H and O–H groups in total. The summed E-state index contributed by atoms with van der Waals surface area (Å²) in [5.74, 6) is 1.55. The molecule has 0 radical (unpaired) electrons. The first kappa shape index (κ1) is 12.6. The first-order valence-electron chi connectivity index (χ1n) is 6.52. The number of nitrogens with two attached hydrogens (primary N) is 1. The van der Waals surface area contributed by atoms with E-state index in [9.17, 15) is 0 Å². The van der Waals surface area contributed by atoms with E-state index in [1.807, 2.05) is 16.4 Å². The standard InChI is InChI=1S/C11H16N8O/c1-2-5-20-11-15-9(12)14-10(16-11)18-3-4-19-7-13-17-8(19)6-18/h7H,2-6H2,1H3,(H2,12,14,15,16). The Hall–Kier alpha value is -2.45. The number of aromatic nitrogens is 6. The van der Waals surface area contributed by atoms with E-state index < -0.39 is 0 Å². The highest BCUT2D eigenvalue weighted by Crippen LogP contribution is 2.18. The average molecular weight is 276 g/mol. The number of hydrogen-bond acceptors (Lipinski definition) is 8. The molecule has 1 aliphatic heterocycles. The Morgan fingerprint density at radius 2 is 2.20 bits per heavy atom. The average Bonchev–Trinajstić information content (AvgIpc) is 2.92. The van der Waals surface area contributed by atoms with Crippen molar-refractivity contribution in [3.05, 3.63) is 12.2 Å². The smallest absolute Gasteiger partial charge is 0.323 e. The molecular formula is C11H16N8O. The SMILES string of the molecule is CCCOc1nc(N)nc(N2CCn3cnnc3C2)n1. The van der Waals surface area contributed by atoms with Crippen molar-refractivity contribution in [3.63, 3.8) is 0 Å². The minimum Gasteiger partial charge on any atom is -0.463 e. The number of fused-ring (bicyclic) bond motifs is 1. The van der Waals surface area contributed by atoms with Crippen molar-refractivity contribution in [2.75, 3.05) is 23.8 Å². The Bertz CT molecular complexity index is 598. The van der Waals surface area contributed by atoms with Gasteiger partial charge < -0.3 is 19.9 Å². The molecule has 0 aliphatic carbocycles. The fraction of sp³-hybridized carbons (Fsp3) is 0.545. The van der Waals surface area contributed by atoms with Crippen molar-refractivity contribution in [1.29, 1.82) is 0 Å². The maximum absolute atomic E-state index is 5.71. The van der Waals surface area contributed by atoms with E-state index in [1.165, 1.54) is 0 Å². The van der Waals surface area contributed by atoms with Crippen molar-refractivity contribution >= 4 is 11.9 Å². The summed E-state index contributed by atoms with van der Waals surface area (Å²) in [4.78, 5) is 14.4. The second kappa shape index (κ2) is 5.27. The van der Waals surface area contributed by atoms with Crippen LogP contribution in [0.25, 0.3) is 0 Å². The van der Waals surface area contributed by atoms with E-state index >= 15 is 0 Å². The molecule has 3 heterocycles. The summed E-state index contributed by atoms with van der Waals surface area (Å²) in [5, 5.41) is 7.96. The van der Waals surface area contributed by atoms with E-state index in [0.29, 0.717) is 19.1 Å². The molecule has 2 aromatic rings. The number of anilines is 2. The normalized spacial score (nSPS) is 14.2. The number of ether oxygens (including phenoxy) is 1. The Balaban J connectivity index is 1.82. The van der Waals surface area contributed by atoms with E-state index in [0.717, 1.165) is 25.3 Å². The van der Waals surface area contributed by atoms with Crippen LogP contribution >= 0.6 is 0 Å². The summed E-state index contributed by atoms with van der Waals surface area (Å²) in [5.41, 5.74) is 5.71. The molecule has 9 heteroatoms. The topological polar surface area (TPSA) is 108 Å². The third kappa shape index (κ3) is 2.46. The fourth-order valence-corrected chi connectivity index (χ4v) is 2.00. The Labute approximate surface area is 115 Å². The molecule has 106 valence electrons. The van der Waals surface area contributed by atoms with E-state index in [4.69, 9.17) is 10.5 Å². The van der Waals surface area contributed by atoms with Crippen molar-refractivity contribution < 1.29 is 4.74 Å². The summed E-state index contributed by atoms with van der Waals surface area (Å²) < 4.78 is 7.43. The lowest BCUT2D eigenvalue weighted by molar-refractivity contribution is 0.291. The Morgan fingerprint density at radius 1 is 1.30 bits per heavy atom. The molecule has 0 saturated carbocycles. The zero-order valence-electron chi connectivity index (χ0n) is 11.2. The van der Waals surface area contributed by atoms with Gasteiger partial charge in [-0.2, -0.15) is 15.0 Å². The highest BCUT2D eigenvalue weighted by atomic mass is 16.5. The molecule has 0 bridgehead atoms. The highest BCUT2D eigenvalue weighted by molar-refractivity contribution is 5.36. The summed E-state index contributed by atoms with van der Waals surface area (Å²) >= 11 is 0. The monoisotopic (exact) mass is 276 g/mol. The molecule has 3 rings (SSSR count). The second-order valence-electron chi connectivity index (χ2n) is 4.49. The van der Waals surface area contributed by atoms with Crippen molar-refractivity contribution in [2.45, 2.75) is 26.4 Å². The van der Waals surface area contributed by atoms with Crippen LogP contribution in [0, 0.1) is 0 Å². The van der Waals surface area contributed by atoms with Gasteiger partial charge in [0.25, 0.3) is 0 Å². The van der Waals surface area contributed by atoms with Gasteiger partial charge in [-0.05, 0) is 6.42 Å². The molecule has 0 saturated heterocycles. The molecule has 0 aromatic carbocycles. The van der Waals surface area contributed by atoms with Crippen LogP contribution in [-0.4, -0.2) is 42.9 Å². The lowest BCUT2D eigenvalue weighted by Crippen LogP contribution is -2.35. The molecular weight excluding hydrogens is 260 g/mol. The van der Waals surface area contributed by atoms with Gasteiger partial charge >= 0.3 is 6.01 Å². The van der Waals surface area contributed by atoms with Crippen molar-refractivity contribution in [3.8, 4) is 6.01 Å². The molecule has 1 aliphatic rings. The van der Waals surface area contributed by atoms with Crippen LogP contribution in [0.15, 0.2) is 6.33 Å². The van der Waals surface area contributed by atoms with Gasteiger partial charge in [-0.3, -0.25) is 0 Å². The van der Waals surface area contributed by atoms with Gasteiger partial charge in [0.2, 0.25) is 11.9 Å². The largest absolute Gasteiger partial charge is 0.463 e. The summed E-state index contributed by atoms with van der Waals surface area (Å²) in [6, 6.07) is 0.265. The molecule has 2 aromatic heterocycles. The van der Waals surface area contributed by atoms with Gasteiger partial charge in [-0.15, -0.1) is 10.2 Å². The highest BCUT2D eigenvalue weighted by Gasteiger charge is 2.21. The first-order chi connectivity index (χ1) is 9.76. The van der Waals surface area contributed by atoms with Gasteiger partial charge in [0, 0.05) is 13.1 Å². The number of nitrogen functional groups attached to an aromatic ring is 1. The zero-order valence-corrected chi connectivity index (χ0v) is 11.2. The summed E-state index contributed by atoms with van der Waals surface area (Å²) in [7, 11) is 0. The van der Waals surface area contributed by atoms with Crippen LogP contribution in [0.5, 0.6) is 6.01 Å². The van der Waals surface area contributed by atoms with Crippen LogP contribution in [0.2, 0.25) is 0 Å². The Morgan fingerprint density at radius 3 is 3.05 bits per heavy atom. The minimum absolute atomic E-state index is 0.160. The Kier molecular flexibility index (Phi) is 3.32. The van der Waals surface area contributed by atoms with Crippen LogP contribution in [0.3, 0.4) is 0 Å². The van der Waals surface area contributed by atoms with Gasteiger partial charge in [0.15, 0.2) is 5.82 Å². The quantitative estimate of drug-likeness (QED) is 0.821. The van der Waals surface area contributed by atoms with Gasteiger partial charge in [0.05, 0.1) is 13.2 Å².